The lowest BCUT2D eigenvalue weighted by atomic mass is 10.1. The number of rotatable bonds is 2. The summed E-state index contributed by atoms with van der Waals surface area (Å²) in [4.78, 5) is 0. The fraction of sp³-hybridized carbons (Fsp3) is 1.00. The normalized spacial score (nSPS) is 15.9. The van der Waals surface area contributed by atoms with Crippen LogP contribution in [0.4, 0.5) is 0 Å². The first-order valence-corrected chi connectivity index (χ1v) is 4.22. The minimum atomic E-state index is -1.54. The highest BCUT2D eigenvalue weighted by Gasteiger charge is 2.30. The monoisotopic (exact) mass is 204 g/mol. The van der Waals surface area contributed by atoms with Gasteiger partial charge in [0.25, 0.3) is 0 Å². The van der Waals surface area contributed by atoms with Gasteiger partial charge in [0.15, 0.2) is 0 Å². The highest BCUT2D eigenvalue weighted by molar-refractivity contribution is 6.68. The number of hydrogen-bond acceptors (Lipinski definition) is 1. The lowest BCUT2D eigenvalue weighted by Crippen LogP contribution is -2.26. The van der Waals surface area contributed by atoms with E-state index in [1.807, 2.05) is 13.8 Å². The van der Waals surface area contributed by atoms with Crippen LogP contribution >= 0.6 is 34.8 Å². The van der Waals surface area contributed by atoms with Crippen molar-refractivity contribution in [2.24, 2.45) is 5.92 Å². The van der Waals surface area contributed by atoms with E-state index in [9.17, 15) is 0 Å². The van der Waals surface area contributed by atoms with Gasteiger partial charge < -0.3 is 5.11 Å². The summed E-state index contributed by atoms with van der Waals surface area (Å²) < 4.78 is -1.54. The second-order valence-electron chi connectivity index (χ2n) is 2.69. The van der Waals surface area contributed by atoms with E-state index in [0.717, 1.165) is 0 Å². The molecule has 62 valence electrons. The summed E-state index contributed by atoms with van der Waals surface area (Å²) >= 11 is 16.2. The van der Waals surface area contributed by atoms with Crippen LogP contribution in [0.3, 0.4) is 0 Å². The predicted molar refractivity (Wildman–Crippen MR) is 45.8 cm³/mol. The molecule has 0 fully saturated rings. The second-order valence-corrected chi connectivity index (χ2v) is 5.06. The summed E-state index contributed by atoms with van der Waals surface area (Å²) in [7, 11) is 0. The molecule has 1 atom stereocenters. The van der Waals surface area contributed by atoms with E-state index in [2.05, 4.69) is 0 Å². The van der Waals surface area contributed by atoms with Crippen LogP contribution in [0.2, 0.25) is 0 Å². The van der Waals surface area contributed by atoms with Crippen LogP contribution in [-0.2, 0) is 0 Å². The SMILES string of the molecule is CC(C)C[C@@H](O)C(Cl)(Cl)Cl. The molecule has 0 aliphatic carbocycles. The van der Waals surface area contributed by atoms with E-state index in [1.165, 1.54) is 0 Å². The molecule has 0 amide bonds. The van der Waals surface area contributed by atoms with Crippen molar-refractivity contribution in [2.45, 2.75) is 30.2 Å². The molecule has 1 nitrogen and oxygen atoms in total. The summed E-state index contributed by atoms with van der Waals surface area (Å²) in [5, 5.41) is 9.16. The van der Waals surface area contributed by atoms with Gasteiger partial charge in [0.1, 0.15) is 6.10 Å². The van der Waals surface area contributed by atoms with E-state index in [0.29, 0.717) is 12.3 Å². The molecule has 0 unspecified atom stereocenters. The zero-order chi connectivity index (χ0) is 8.36. The van der Waals surface area contributed by atoms with Gasteiger partial charge in [0, 0.05) is 0 Å². The first-order valence-electron chi connectivity index (χ1n) is 3.09. The summed E-state index contributed by atoms with van der Waals surface area (Å²) in [5.74, 6) is 0.339. The molecule has 0 aliphatic heterocycles. The van der Waals surface area contributed by atoms with Crippen LogP contribution in [0.1, 0.15) is 20.3 Å². The van der Waals surface area contributed by atoms with Crippen molar-refractivity contribution in [2.75, 3.05) is 0 Å². The minimum Gasteiger partial charge on any atom is -0.389 e. The van der Waals surface area contributed by atoms with Gasteiger partial charge in [-0.15, -0.1) is 0 Å². The number of alkyl halides is 3. The van der Waals surface area contributed by atoms with Gasteiger partial charge in [-0.25, -0.2) is 0 Å². The first-order chi connectivity index (χ1) is 4.34. The van der Waals surface area contributed by atoms with Crippen LogP contribution in [0, 0.1) is 5.92 Å². The van der Waals surface area contributed by atoms with Crippen LogP contribution in [0.5, 0.6) is 0 Å². The average molecular weight is 206 g/mol. The van der Waals surface area contributed by atoms with Gasteiger partial charge in [-0.1, -0.05) is 48.7 Å². The van der Waals surface area contributed by atoms with Crippen molar-refractivity contribution < 1.29 is 5.11 Å². The van der Waals surface area contributed by atoms with Crippen molar-refractivity contribution >= 4 is 34.8 Å². The zero-order valence-electron chi connectivity index (χ0n) is 5.94. The lowest BCUT2D eigenvalue weighted by Gasteiger charge is -2.20. The Kier molecular flexibility index (Phi) is 4.34. The molecule has 10 heavy (non-hydrogen) atoms. The van der Waals surface area contributed by atoms with Crippen molar-refractivity contribution in [3.63, 3.8) is 0 Å². The molecule has 0 aromatic heterocycles. The number of halogens is 3. The van der Waals surface area contributed by atoms with Gasteiger partial charge in [-0.05, 0) is 12.3 Å². The van der Waals surface area contributed by atoms with E-state index in [4.69, 9.17) is 39.9 Å². The van der Waals surface area contributed by atoms with E-state index in [-0.39, 0.29) is 0 Å². The van der Waals surface area contributed by atoms with E-state index >= 15 is 0 Å². The molecule has 0 radical (unpaired) electrons. The standard InChI is InChI=1S/C6H11Cl3O/c1-4(2)3-5(10)6(7,8)9/h4-5,10H,3H2,1-2H3/t5-/m1/s1. The molecule has 0 aromatic carbocycles. The Morgan fingerprint density at radius 1 is 1.30 bits per heavy atom. The zero-order valence-corrected chi connectivity index (χ0v) is 8.21. The summed E-state index contributed by atoms with van der Waals surface area (Å²) in [6.45, 7) is 3.92. The molecule has 1 N–H and O–H groups in total. The van der Waals surface area contributed by atoms with Gasteiger partial charge in [0.2, 0.25) is 3.79 Å². The van der Waals surface area contributed by atoms with Gasteiger partial charge >= 0.3 is 0 Å². The Balaban J connectivity index is 3.73. The maximum absolute atomic E-state index is 9.16. The highest BCUT2D eigenvalue weighted by atomic mass is 35.6. The van der Waals surface area contributed by atoms with E-state index in [1.54, 1.807) is 0 Å². The molecule has 0 spiro atoms. The van der Waals surface area contributed by atoms with Crippen LogP contribution < -0.4 is 0 Å². The summed E-state index contributed by atoms with van der Waals surface area (Å²) in [5.41, 5.74) is 0. The fourth-order valence-electron chi connectivity index (χ4n) is 0.580. The Bertz CT molecular complexity index is 97.7. The average Bonchev–Trinajstić information content (AvgIpc) is 1.60. The molecule has 0 bridgehead atoms. The molecule has 0 aliphatic rings. The number of aliphatic hydroxyl groups excluding tert-OH is 1. The van der Waals surface area contributed by atoms with Crippen molar-refractivity contribution in [1.82, 2.24) is 0 Å². The fourth-order valence-corrected chi connectivity index (χ4v) is 0.847. The Morgan fingerprint density at radius 2 is 1.70 bits per heavy atom. The molecule has 4 heteroatoms. The third kappa shape index (κ3) is 4.62. The van der Waals surface area contributed by atoms with E-state index < -0.39 is 9.90 Å². The third-order valence-corrected chi connectivity index (χ3v) is 1.83. The molecule has 0 aromatic rings. The number of hydrogen-bond donors (Lipinski definition) is 1. The predicted octanol–water partition coefficient (Wildman–Crippen LogP) is 2.76. The van der Waals surface area contributed by atoms with Gasteiger partial charge in [0.05, 0.1) is 0 Å². The first kappa shape index (κ1) is 10.8. The topological polar surface area (TPSA) is 20.2 Å². The highest BCUT2D eigenvalue weighted by Crippen LogP contribution is 2.32. The van der Waals surface area contributed by atoms with Crippen LogP contribution in [0.15, 0.2) is 0 Å². The van der Waals surface area contributed by atoms with Crippen LogP contribution in [-0.4, -0.2) is 15.0 Å². The largest absolute Gasteiger partial charge is 0.389 e. The third-order valence-electron chi connectivity index (χ3n) is 1.07. The van der Waals surface area contributed by atoms with Crippen molar-refractivity contribution in [3.8, 4) is 0 Å². The van der Waals surface area contributed by atoms with Crippen molar-refractivity contribution in [1.29, 1.82) is 0 Å². The molecule has 0 saturated heterocycles. The summed E-state index contributed by atoms with van der Waals surface area (Å²) in [6, 6.07) is 0. The Morgan fingerprint density at radius 3 is 1.80 bits per heavy atom. The molecular weight excluding hydrogens is 194 g/mol. The number of aliphatic hydroxyl groups is 1. The Hall–Kier alpha value is 0.830. The van der Waals surface area contributed by atoms with Crippen molar-refractivity contribution in [3.05, 3.63) is 0 Å². The van der Waals surface area contributed by atoms with Gasteiger partial charge in [-0.2, -0.15) is 0 Å². The maximum Gasteiger partial charge on any atom is 0.216 e. The van der Waals surface area contributed by atoms with Gasteiger partial charge in [-0.3, -0.25) is 0 Å². The molecule has 0 heterocycles. The minimum absolute atomic E-state index is 0.339. The van der Waals surface area contributed by atoms with Crippen LogP contribution in [0.25, 0.3) is 0 Å². The quantitative estimate of drug-likeness (QED) is 0.688. The maximum atomic E-state index is 9.16. The lowest BCUT2D eigenvalue weighted by molar-refractivity contribution is 0.152. The summed E-state index contributed by atoms with van der Waals surface area (Å²) in [6.07, 6.45) is -0.353. The molecule has 0 saturated carbocycles. The molecule has 0 rings (SSSR count). The smallest absolute Gasteiger partial charge is 0.216 e. The molecular formula is C6H11Cl3O. The second kappa shape index (κ2) is 4.01. The Labute approximate surface area is 76.3 Å².